The summed E-state index contributed by atoms with van der Waals surface area (Å²) in [7, 11) is -3.82. The summed E-state index contributed by atoms with van der Waals surface area (Å²) in [6.45, 7) is -0.289. The molecule has 1 saturated carbocycles. The van der Waals surface area contributed by atoms with Gasteiger partial charge < -0.3 is 10.2 Å². The lowest BCUT2D eigenvalue weighted by Gasteiger charge is -2.35. The minimum Gasteiger partial charge on any atom is -0.352 e. The Labute approximate surface area is 242 Å². The van der Waals surface area contributed by atoms with Crippen molar-refractivity contribution >= 4 is 39.1 Å². The van der Waals surface area contributed by atoms with Crippen LogP contribution in [0.25, 0.3) is 0 Å². The number of sulfonamides is 1. The lowest BCUT2D eigenvalue weighted by atomic mass is 9.94. The molecule has 40 heavy (non-hydrogen) atoms. The minimum absolute atomic E-state index is 0.0646. The monoisotopic (exact) mass is 581 g/mol. The van der Waals surface area contributed by atoms with Gasteiger partial charge in [0.25, 0.3) is 0 Å². The van der Waals surface area contributed by atoms with E-state index in [-0.39, 0.29) is 18.5 Å². The minimum atomic E-state index is -3.82. The predicted molar refractivity (Wildman–Crippen MR) is 160 cm³/mol. The highest BCUT2D eigenvalue weighted by Gasteiger charge is 2.34. The zero-order valence-corrected chi connectivity index (χ0v) is 24.3. The van der Waals surface area contributed by atoms with Crippen LogP contribution in [0, 0.1) is 0 Å². The van der Waals surface area contributed by atoms with Crippen LogP contribution in [-0.4, -0.2) is 50.0 Å². The normalized spacial score (nSPS) is 14.8. The van der Waals surface area contributed by atoms with E-state index in [9.17, 15) is 18.0 Å². The fourth-order valence-electron chi connectivity index (χ4n) is 5.10. The average Bonchev–Trinajstić information content (AvgIpc) is 2.95. The topological polar surface area (TPSA) is 86.8 Å². The molecule has 0 spiro atoms. The van der Waals surface area contributed by atoms with Crippen molar-refractivity contribution in [2.24, 2.45) is 0 Å². The second-order valence-corrected chi connectivity index (χ2v) is 12.6. The first-order valence-corrected chi connectivity index (χ1v) is 15.8. The summed E-state index contributed by atoms with van der Waals surface area (Å²) in [5, 5.41) is 3.66. The first-order chi connectivity index (χ1) is 19.2. The standard InChI is InChI=1S/C31H36ClN3O4S/c1-40(38,39)35(28-19-17-26(32)18-20-28)23-30(36)34(22-25-13-7-3-8-14-25)29(21-24-11-5-2-6-12-24)31(37)33-27-15-9-4-10-16-27/h2-3,5-8,11-14,17-20,27,29H,4,9-10,15-16,21-23H2,1H3,(H,33,37)/t29-/m0/s1. The molecular weight excluding hydrogens is 546 g/mol. The van der Waals surface area contributed by atoms with E-state index in [1.807, 2.05) is 60.7 Å². The number of hydrogen-bond acceptors (Lipinski definition) is 4. The van der Waals surface area contributed by atoms with Gasteiger partial charge in [-0.3, -0.25) is 13.9 Å². The van der Waals surface area contributed by atoms with Crippen molar-refractivity contribution in [3.8, 4) is 0 Å². The summed E-state index contributed by atoms with van der Waals surface area (Å²) in [4.78, 5) is 29.5. The maximum atomic E-state index is 14.1. The third kappa shape index (κ3) is 8.32. The van der Waals surface area contributed by atoms with Crippen molar-refractivity contribution in [2.45, 2.75) is 57.2 Å². The van der Waals surface area contributed by atoms with Crippen molar-refractivity contribution in [3.63, 3.8) is 0 Å². The van der Waals surface area contributed by atoms with E-state index in [1.165, 1.54) is 4.90 Å². The Balaban J connectivity index is 1.69. The van der Waals surface area contributed by atoms with Crippen LogP contribution >= 0.6 is 11.6 Å². The number of amides is 2. The molecule has 0 radical (unpaired) electrons. The number of nitrogens with one attached hydrogen (secondary N) is 1. The largest absolute Gasteiger partial charge is 0.352 e. The zero-order valence-electron chi connectivity index (χ0n) is 22.7. The van der Waals surface area contributed by atoms with Gasteiger partial charge in [0.1, 0.15) is 12.6 Å². The van der Waals surface area contributed by atoms with E-state index in [4.69, 9.17) is 11.6 Å². The predicted octanol–water partition coefficient (Wildman–Crippen LogP) is 5.20. The maximum Gasteiger partial charge on any atom is 0.244 e. The third-order valence-electron chi connectivity index (χ3n) is 7.21. The van der Waals surface area contributed by atoms with Gasteiger partial charge in [-0.2, -0.15) is 0 Å². The van der Waals surface area contributed by atoms with Gasteiger partial charge in [0, 0.05) is 24.0 Å². The Bertz CT molecular complexity index is 1360. The highest BCUT2D eigenvalue weighted by atomic mass is 35.5. The number of hydrogen-bond donors (Lipinski definition) is 1. The van der Waals surface area contributed by atoms with Crippen LogP contribution in [0.3, 0.4) is 0 Å². The van der Waals surface area contributed by atoms with E-state index in [0.29, 0.717) is 17.1 Å². The maximum absolute atomic E-state index is 14.1. The van der Waals surface area contributed by atoms with Crippen LogP contribution in [0.2, 0.25) is 5.02 Å². The van der Waals surface area contributed by atoms with E-state index >= 15 is 0 Å². The van der Waals surface area contributed by atoms with Crippen LogP contribution in [0.15, 0.2) is 84.9 Å². The molecule has 3 aromatic rings. The first-order valence-electron chi connectivity index (χ1n) is 13.6. The number of rotatable bonds is 11. The van der Waals surface area contributed by atoms with Crippen molar-refractivity contribution in [2.75, 3.05) is 17.1 Å². The summed E-state index contributed by atoms with van der Waals surface area (Å²) in [5.41, 5.74) is 2.08. The molecule has 3 aromatic carbocycles. The van der Waals surface area contributed by atoms with Crippen LogP contribution in [0.1, 0.15) is 43.2 Å². The highest BCUT2D eigenvalue weighted by Crippen LogP contribution is 2.23. The molecule has 0 unspecified atom stereocenters. The van der Waals surface area contributed by atoms with Gasteiger partial charge in [-0.25, -0.2) is 8.42 Å². The molecule has 0 bridgehead atoms. The van der Waals surface area contributed by atoms with Crippen LogP contribution in [0.4, 0.5) is 5.69 Å². The molecule has 1 atom stereocenters. The molecule has 212 valence electrons. The number of nitrogens with zero attached hydrogens (tertiary/aromatic N) is 2. The number of halogens is 1. The summed E-state index contributed by atoms with van der Waals surface area (Å²) in [6.07, 6.45) is 6.47. The average molecular weight is 582 g/mol. The second-order valence-electron chi connectivity index (χ2n) is 10.3. The zero-order chi connectivity index (χ0) is 28.5. The second kappa shape index (κ2) is 13.8. The van der Waals surface area contributed by atoms with Gasteiger partial charge in [0.15, 0.2) is 0 Å². The third-order valence-corrected chi connectivity index (χ3v) is 8.60. The lowest BCUT2D eigenvalue weighted by Crippen LogP contribution is -2.55. The van der Waals surface area contributed by atoms with Gasteiger partial charge in [-0.1, -0.05) is 91.5 Å². The van der Waals surface area contributed by atoms with Gasteiger partial charge in [0.05, 0.1) is 11.9 Å². The Morgan fingerprint density at radius 1 is 0.875 bits per heavy atom. The fourth-order valence-corrected chi connectivity index (χ4v) is 6.08. The summed E-state index contributed by atoms with van der Waals surface area (Å²) in [6, 6.07) is 24.5. The fraction of sp³-hybridized carbons (Fsp3) is 0.355. The Morgan fingerprint density at radius 3 is 2.02 bits per heavy atom. The Kier molecular flexibility index (Phi) is 10.2. The molecule has 0 aliphatic heterocycles. The van der Waals surface area contributed by atoms with Crippen LogP contribution < -0.4 is 9.62 Å². The molecule has 2 amide bonds. The lowest BCUT2D eigenvalue weighted by molar-refractivity contribution is -0.140. The molecule has 7 nitrogen and oxygen atoms in total. The molecule has 0 heterocycles. The molecule has 0 saturated heterocycles. The molecular formula is C31H36ClN3O4S. The van der Waals surface area contributed by atoms with Crippen molar-refractivity contribution in [1.29, 1.82) is 0 Å². The molecule has 9 heteroatoms. The molecule has 1 fully saturated rings. The summed E-state index contributed by atoms with van der Waals surface area (Å²) < 4.78 is 26.7. The van der Waals surface area contributed by atoms with Crippen LogP contribution in [-0.2, 0) is 32.6 Å². The number of carbonyl (C=O) groups is 2. The number of benzene rings is 3. The van der Waals surface area contributed by atoms with E-state index in [0.717, 1.165) is 53.8 Å². The quantitative estimate of drug-likeness (QED) is 0.337. The van der Waals surface area contributed by atoms with Gasteiger partial charge >= 0.3 is 0 Å². The van der Waals surface area contributed by atoms with Gasteiger partial charge in [0.2, 0.25) is 21.8 Å². The molecule has 4 rings (SSSR count). The Hall–Kier alpha value is -3.36. The van der Waals surface area contributed by atoms with E-state index in [2.05, 4.69) is 5.32 Å². The smallest absolute Gasteiger partial charge is 0.244 e. The number of anilines is 1. The van der Waals surface area contributed by atoms with Crippen molar-refractivity contribution in [3.05, 3.63) is 101 Å². The number of carbonyl (C=O) groups excluding carboxylic acids is 2. The molecule has 1 aliphatic carbocycles. The summed E-state index contributed by atoms with van der Waals surface area (Å²) in [5.74, 6) is -0.693. The van der Waals surface area contributed by atoms with E-state index < -0.39 is 28.5 Å². The van der Waals surface area contributed by atoms with Crippen molar-refractivity contribution < 1.29 is 18.0 Å². The highest BCUT2D eigenvalue weighted by molar-refractivity contribution is 7.92. The molecule has 1 N–H and O–H groups in total. The Morgan fingerprint density at radius 2 is 1.45 bits per heavy atom. The summed E-state index contributed by atoms with van der Waals surface area (Å²) >= 11 is 6.02. The molecule has 1 aliphatic rings. The van der Waals surface area contributed by atoms with Crippen LogP contribution in [0.5, 0.6) is 0 Å². The van der Waals surface area contributed by atoms with Gasteiger partial charge in [-0.05, 0) is 48.2 Å². The first kappa shape index (κ1) is 29.6. The van der Waals surface area contributed by atoms with Gasteiger partial charge in [-0.15, -0.1) is 0 Å². The SMILES string of the molecule is CS(=O)(=O)N(CC(=O)N(Cc1ccccc1)[C@@H](Cc1ccccc1)C(=O)NC1CCCCC1)c1ccc(Cl)cc1. The van der Waals surface area contributed by atoms with Crippen molar-refractivity contribution in [1.82, 2.24) is 10.2 Å². The molecule has 0 aromatic heterocycles. The van der Waals surface area contributed by atoms with E-state index in [1.54, 1.807) is 24.3 Å².